The Kier molecular flexibility index (Phi) is 3.88. The first-order valence-corrected chi connectivity index (χ1v) is 7.51. The Morgan fingerprint density at radius 1 is 1.38 bits per heavy atom. The number of allylic oxidation sites excluding steroid dienone is 1. The molecule has 0 radical (unpaired) electrons. The van der Waals surface area contributed by atoms with Crippen molar-refractivity contribution < 1.29 is 9.47 Å². The third kappa shape index (κ3) is 2.63. The molecule has 21 heavy (non-hydrogen) atoms. The Hall–Kier alpha value is -1.95. The van der Waals surface area contributed by atoms with E-state index in [1.807, 2.05) is 16.7 Å². The number of hydrogen-bond donors (Lipinski definition) is 1. The zero-order valence-electron chi connectivity index (χ0n) is 11.5. The number of ether oxygens (including phenoxy) is 2. The van der Waals surface area contributed by atoms with Crippen LogP contribution in [-0.4, -0.2) is 22.8 Å². The molecule has 0 fully saturated rings. The predicted octanol–water partition coefficient (Wildman–Crippen LogP) is 3.24. The van der Waals surface area contributed by atoms with Crippen molar-refractivity contribution in [3.05, 3.63) is 35.6 Å². The number of nitrogen functional groups attached to an aromatic ring is 1. The number of halogens is 1. The molecular formula is C15H16BrN3O2. The Labute approximate surface area is 131 Å². The summed E-state index contributed by atoms with van der Waals surface area (Å²) < 4.78 is 14.1. The zero-order chi connectivity index (χ0) is 14.8. The Morgan fingerprint density at radius 2 is 2.19 bits per heavy atom. The second kappa shape index (κ2) is 5.81. The van der Waals surface area contributed by atoms with E-state index in [0.29, 0.717) is 25.6 Å². The summed E-state index contributed by atoms with van der Waals surface area (Å²) in [5, 5.41) is 0. The van der Waals surface area contributed by atoms with Crippen LogP contribution in [0.2, 0.25) is 0 Å². The molecule has 1 aromatic carbocycles. The normalized spacial score (nSPS) is 13.8. The number of nitrogens with zero attached hydrogens (tertiary/aromatic N) is 2. The van der Waals surface area contributed by atoms with Gasteiger partial charge in [-0.05, 0) is 28.1 Å². The van der Waals surface area contributed by atoms with Crippen molar-refractivity contribution in [1.29, 1.82) is 0 Å². The fourth-order valence-electron chi connectivity index (χ4n) is 2.27. The van der Waals surface area contributed by atoms with Gasteiger partial charge in [0.05, 0.1) is 24.0 Å². The molecule has 2 heterocycles. The van der Waals surface area contributed by atoms with E-state index in [4.69, 9.17) is 15.2 Å². The number of aromatic nitrogens is 2. The molecule has 2 N–H and O–H groups in total. The molecule has 0 atom stereocenters. The van der Waals surface area contributed by atoms with Gasteiger partial charge in [0.2, 0.25) is 0 Å². The van der Waals surface area contributed by atoms with Gasteiger partial charge in [-0.1, -0.05) is 6.08 Å². The van der Waals surface area contributed by atoms with Crippen molar-refractivity contribution in [2.75, 3.05) is 18.9 Å². The van der Waals surface area contributed by atoms with Gasteiger partial charge in [0, 0.05) is 18.5 Å². The van der Waals surface area contributed by atoms with E-state index in [-0.39, 0.29) is 0 Å². The third-order valence-electron chi connectivity index (χ3n) is 3.28. The van der Waals surface area contributed by atoms with E-state index in [9.17, 15) is 0 Å². The van der Waals surface area contributed by atoms with Gasteiger partial charge in [-0.15, -0.1) is 6.58 Å². The maximum atomic E-state index is 6.14. The minimum absolute atomic E-state index is 0.608. The second-order valence-corrected chi connectivity index (χ2v) is 5.61. The lowest BCUT2D eigenvalue weighted by molar-refractivity contribution is 0.296. The van der Waals surface area contributed by atoms with Crippen LogP contribution in [0.3, 0.4) is 0 Å². The van der Waals surface area contributed by atoms with Gasteiger partial charge >= 0.3 is 0 Å². The molecule has 0 aliphatic carbocycles. The van der Waals surface area contributed by atoms with Gasteiger partial charge < -0.3 is 19.8 Å². The van der Waals surface area contributed by atoms with Crippen molar-refractivity contribution in [2.45, 2.75) is 13.0 Å². The van der Waals surface area contributed by atoms with E-state index >= 15 is 0 Å². The van der Waals surface area contributed by atoms with Gasteiger partial charge in [0.15, 0.2) is 11.5 Å². The van der Waals surface area contributed by atoms with E-state index < -0.39 is 0 Å². The van der Waals surface area contributed by atoms with Crippen LogP contribution in [0, 0.1) is 0 Å². The van der Waals surface area contributed by atoms with E-state index in [2.05, 4.69) is 27.5 Å². The van der Waals surface area contributed by atoms with Crippen molar-refractivity contribution in [3.8, 4) is 22.8 Å². The lowest BCUT2D eigenvalue weighted by Crippen LogP contribution is -2.00. The van der Waals surface area contributed by atoms with Crippen molar-refractivity contribution >= 4 is 21.7 Å². The van der Waals surface area contributed by atoms with E-state index in [1.165, 1.54) is 0 Å². The molecule has 110 valence electrons. The fourth-order valence-corrected chi connectivity index (χ4v) is 2.82. The molecule has 0 amide bonds. The van der Waals surface area contributed by atoms with E-state index in [1.54, 1.807) is 12.4 Å². The summed E-state index contributed by atoms with van der Waals surface area (Å²) in [5.41, 5.74) is 7.77. The molecule has 1 aliphatic rings. The average Bonchev–Trinajstić information content (AvgIpc) is 2.69. The molecule has 3 rings (SSSR count). The summed E-state index contributed by atoms with van der Waals surface area (Å²) in [7, 11) is 0. The predicted molar refractivity (Wildman–Crippen MR) is 85.6 cm³/mol. The highest BCUT2D eigenvalue weighted by Gasteiger charge is 2.18. The SMILES string of the molecule is C=CCn1cnc(-c2cc(Br)c3c(c2)OCCCO3)c1N. The molecular weight excluding hydrogens is 334 g/mol. The van der Waals surface area contributed by atoms with Crippen molar-refractivity contribution in [1.82, 2.24) is 9.55 Å². The molecule has 6 heteroatoms. The minimum atomic E-state index is 0.608. The maximum absolute atomic E-state index is 6.14. The first-order chi connectivity index (χ1) is 10.2. The summed E-state index contributed by atoms with van der Waals surface area (Å²) in [6.45, 7) is 5.64. The molecule has 0 unspecified atom stereocenters. The molecule has 2 aromatic rings. The number of anilines is 1. The largest absolute Gasteiger partial charge is 0.489 e. The summed E-state index contributed by atoms with van der Waals surface area (Å²) in [6.07, 6.45) is 4.36. The van der Waals surface area contributed by atoms with Gasteiger partial charge in [-0.2, -0.15) is 0 Å². The number of imidazole rings is 1. The summed E-state index contributed by atoms with van der Waals surface area (Å²) >= 11 is 3.53. The van der Waals surface area contributed by atoms with Gasteiger partial charge in [0.25, 0.3) is 0 Å². The number of rotatable bonds is 3. The zero-order valence-corrected chi connectivity index (χ0v) is 13.1. The fraction of sp³-hybridized carbons (Fsp3) is 0.267. The Bertz CT molecular complexity index is 682. The molecule has 1 aromatic heterocycles. The van der Waals surface area contributed by atoms with Crippen LogP contribution in [0.15, 0.2) is 35.6 Å². The summed E-state index contributed by atoms with van der Waals surface area (Å²) in [6, 6.07) is 3.87. The van der Waals surface area contributed by atoms with Crippen LogP contribution in [-0.2, 0) is 6.54 Å². The van der Waals surface area contributed by atoms with E-state index in [0.717, 1.165) is 33.6 Å². The highest BCUT2D eigenvalue weighted by Crippen LogP contribution is 2.41. The van der Waals surface area contributed by atoms with Crippen LogP contribution >= 0.6 is 15.9 Å². The maximum Gasteiger partial charge on any atom is 0.175 e. The average molecular weight is 350 g/mol. The smallest absolute Gasteiger partial charge is 0.175 e. The number of nitrogens with two attached hydrogens (primary N) is 1. The standard InChI is InChI=1S/C15H16BrN3O2/c1-2-4-19-9-18-13(15(19)17)10-7-11(16)14-12(8-10)20-5-3-6-21-14/h2,7-9H,1,3-6,17H2. The molecule has 0 saturated heterocycles. The van der Waals surface area contributed by atoms with Crippen molar-refractivity contribution in [3.63, 3.8) is 0 Å². The highest BCUT2D eigenvalue weighted by molar-refractivity contribution is 9.10. The van der Waals surface area contributed by atoms with Crippen LogP contribution in [0.25, 0.3) is 11.3 Å². The molecule has 1 aliphatic heterocycles. The molecule has 0 saturated carbocycles. The number of hydrogen-bond acceptors (Lipinski definition) is 4. The molecule has 0 bridgehead atoms. The van der Waals surface area contributed by atoms with Gasteiger partial charge in [-0.25, -0.2) is 4.98 Å². The minimum Gasteiger partial charge on any atom is -0.489 e. The van der Waals surface area contributed by atoms with Gasteiger partial charge in [0.1, 0.15) is 11.5 Å². The van der Waals surface area contributed by atoms with Crippen LogP contribution in [0.5, 0.6) is 11.5 Å². The number of benzene rings is 1. The quantitative estimate of drug-likeness (QED) is 0.864. The topological polar surface area (TPSA) is 62.3 Å². The summed E-state index contributed by atoms with van der Waals surface area (Å²) in [4.78, 5) is 4.39. The summed E-state index contributed by atoms with van der Waals surface area (Å²) in [5.74, 6) is 2.06. The highest BCUT2D eigenvalue weighted by atomic mass is 79.9. The third-order valence-corrected chi connectivity index (χ3v) is 3.87. The Balaban J connectivity index is 2.05. The van der Waals surface area contributed by atoms with Crippen molar-refractivity contribution in [2.24, 2.45) is 0 Å². The first kappa shape index (κ1) is 14.0. The first-order valence-electron chi connectivity index (χ1n) is 6.71. The second-order valence-electron chi connectivity index (χ2n) is 4.76. The van der Waals surface area contributed by atoms with Gasteiger partial charge in [-0.3, -0.25) is 0 Å². The Morgan fingerprint density at radius 3 is 3.00 bits per heavy atom. The lowest BCUT2D eigenvalue weighted by Gasteiger charge is -2.11. The number of fused-ring (bicyclic) bond motifs is 1. The van der Waals surface area contributed by atoms with Crippen LogP contribution < -0.4 is 15.2 Å². The lowest BCUT2D eigenvalue weighted by atomic mass is 10.1. The van der Waals surface area contributed by atoms with Crippen LogP contribution in [0.4, 0.5) is 5.82 Å². The molecule has 5 nitrogen and oxygen atoms in total. The molecule has 0 spiro atoms. The van der Waals surface area contributed by atoms with Crippen LogP contribution in [0.1, 0.15) is 6.42 Å². The monoisotopic (exact) mass is 349 g/mol.